The zero-order valence-corrected chi connectivity index (χ0v) is 16.9. The van der Waals surface area contributed by atoms with E-state index in [9.17, 15) is 24.4 Å². The van der Waals surface area contributed by atoms with Crippen LogP contribution in [-0.2, 0) is 32.0 Å². The van der Waals surface area contributed by atoms with Crippen molar-refractivity contribution in [2.45, 2.75) is 31.8 Å². The van der Waals surface area contributed by atoms with E-state index in [1.807, 2.05) is 30.3 Å². The Kier molecular flexibility index (Phi) is 8.58. The van der Waals surface area contributed by atoms with Crippen LogP contribution in [0.3, 0.4) is 0 Å². The molecule has 0 bridgehead atoms. The molecule has 0 saturated carbocycles. The second kappa shape index (κ2) is 11.1. The molecule has 2 aromatic carbocycles. The van der Waals surface area contributed by atoms with Crippen molar-refractivity contribution < 1.29 is 29.2 Å². The van der Waals surface area contributed by atoms with E-state index in [1.54, 1.807) is 12.1 Å². The Balaban J connectivity index is 2.14. The molecule has 9 heteroatoms. The van der Waals surface area contributed by atoms with Crippen LogP contribution in [0, 0.1) is 0 Å². The van der Waals surface area contributed by atoms with Crippen LogP contribution < -0.4 is 16.1 Å². The van der Waals surface area contributed by atoms with E-state index in [4.69, 9.17) is 4.74 Å². The molecule has 2 rings (SSSR count). The molecule has 0 aliphatic rings. The van der Waals surface area contributed by atoms with Crippen molar-refractivity contribution in [2.75, 3.05) is 7.11 Å². The fourth-order valence-corrected chi connectivity index (χ4v) is 2.97. The number of amides is 2. The largest absolute Gasteiger partial charge is 0.488 e. The maximum Gasteiger partial charge on any atom is 0.488 e. The quantitative estimate of drug-likeness (QED) is 0.319. The minimum Gasteiger partial charge on any atom is -0.467 e. The van der Waals surface area contributed by atoms with Crippen molar-refractivity contribution in [1.29, 1.82) is 0 Å². The van der Waals surface area contributed by atoms with E-state index >= 15 is 0 Å². The molecule has 8 nitrogen and oxygen atoms in total. The van der Waals surface area contributed by atoms with Crippen LogP contribution in [-0.4, -0.2) is 54.1 Å². The first-order valence-corrected chi connectivity index (χ1v) is 9.44. The fourth-order valence-electron chi connectivity index (χ4n) is 2.97. The van der Waals surface area contributed by atoms with Gasteiger partial charge < -0.3 is 25.4 Å². The Morgan fingerprint density at radius 1 is 0.900 bits per heavy atom. The molecular formula is C21H25BN2O6. The highest BCUT2D eigenvalue weighted by molar-refractivity contribution is 6.58. The molecule has 0 unspecified atom stereocenters. The monoisotopic (exact) mass is 412 g/mol. The average molecular weight is 412 g/mol. The molecule has 4 N–H and O–H groups in total. The summed E-state index contributed by atoms with van der Waals surface area (Å²) in [6.07, 6.45) is 0.404. The molecule has 0 radical (unpaired) electrons. The lowest BCUT2D eigenvalue weighted by Gasteiger charge is -2.22. The van der Waals surface area contributed by atoms with Crippen molar-refractivity contribution in [3.8, 4) is 0 Å². The van der Waals surface area contributed by atoms with Gasteiger partial charge in [-0.1, -0.05) is 54.6 Å². The summed E-state index contributed by atoms with van der Waals surface area (Å²) in [5.41, 5.74) is 1.86. The second-order valence-electron chi connectivity index (χ2n) is 6.85. The fraction of sp³-hybridized carbons (Fsp3) is 0.286. The van der Waals surface area contributed by atoms with E-state index < -0.39 is 37.0 Å². The smallest absolute Gasteiger partial charge is 0.467 e. The number of rotatable bonds is 9. The number of ether oxygens (including phenoxy) is 1. The summed E-state index contributed by atoms with van der Waals surface area (Å²) in [5.74, 6) is -1.51. The van der Waals surface area contributed by atoms with Crippen molar-refractivity contribution in [1.82, 2.24) is 10.6 Å². The molecule has 0 saturated heterocycles. The van der Waals surface area contributed by atoms with Gasteiger partial charge >= 0.3 is 13.1 Å². The third kappa shape index (κ3) is 7.02. The molecule has 158 valence electrons. The van der Waals surface area contributed by atoms with Gasteiger partial charge in [0.25, 0.3) is 0 Å². The van der Waals surface area contributed by atoms with Crippen LogP contribution in [0.1, 0.15) is 18.1 Å². The van der Waals surface area contributed by atoms with Crippen molar-refractivity contribution >= 4 is 30.4 Å². The van der Waals surface area contributed by atoms with Crippen LogP contribution in [0.25, 0.3) is 0 Å². The van der Waals surface area contributed by atoms with Crippen LogP contribution >= 0.6 is 0 Å². The average Bonchev–Trinajstić information content (AvgIpc) is 2.73. The van der Waals surface area contributed by atoms with Gasteiger partial charge in [0.05, 0.1) is 7.11 Å². The van der Waals surface area contributed by atoms with E-state index in [2.05, 4.69) is 10.6 Å². The minimum atomic E-state index is -1.59. The summed E-state index contributed by atoms with van der Waals surface area (Å²) < 4.78 is 4.81. The van der Waals surface area contributed by atoms with Gasteiger partial charge in [-0.2, -0.15) is 0 Å². The number of carbonyl (C=O) groups excluding carboxylic acids is 3. The molecule has 0 heterocycles. The molecule has 2 atom stereocenters. The zero-order chi connectivity index (χ0) is 22.1. The predicted octanol–water partition coefficient (Wildman–Crippen LogP) is -0.686. The number of hydrogen-bond acceptors (Lipinski definition) is 6. The lowest BCUT2D eigenvalue weighted by Crippen LogP contribution is -2.53. The topological polar surface area (TPSA) is 125 Å². The minimum absolute atomic E-state index is 0.159. The molecule has 0 aromatic heterocycles. The Bertz CT molecular complexity index is 858. The summed E-state index contributed by atoms with van der Waals surface area (Å²) in [6, 6.07) is 13.7. The van der Waals surface area contributed by atoms with Gasteiger partial charge in [-0.25, -0.2) is 4.79 Å². The Hall–Kier alpha value is -3.17. The zero-order valence-electron chi connectivity index (χ0n) is 16.9. The highest BCUT2D eigenvalue weighted by atomic mass is 16.5. The van der Waals surface area contributed by atoms with Crippen LogP contribution in [0.5, 0.6) is 0 Å². The first-order chi connectivity index (χ1) is 14.3. The molecule has 0 aliphatic carbocycles. The Morgan fingerprint density at radius 2 is 1.47 bits per heavy atom. The van der Waals surface area contributed by atoms with Gasteiger partial charge in [0, 0.05) is 19.8 Å². The lowest BCUT2D eigenvalue weighted by atomic mass is 9.80. The van der Waals surface area contributed by atoms with Gasteiger partial charge in [0.2, 0.25) is 11.8 Å². The maximum atomic E-state index is 12.9. The van der Waals surface area contributed by atoms with Gasteiger partial charge in [-0.3, -0.25) is 9.59 Å². The molecule has 0 fully saturated rings. The molecule has 2 amide bonds. The van der Waals surface area contributed by atoms with E-state index in [0.717, 1.165) is 5.56 Å². The number of hydrogen-bond donors (Lipinski definition) is 4. The normalized spacial score (nSPS) is 12.4. The first kappa shape index (κ1) is 23.1. The summed E-state index contributed by atoms with van der Waals surface area (Å²) >= 11 is 0. The SMILES string of the molecule is COC(=O)[C@H](Cc1ccccc1)NC(=O)[C@H](Cc1ccc(B(O)O)cc1)NC(C)=O. The summed E-state index contributed by atoms with van der Waals surface area (Å²) in [7, 11) is -0.346. The van der Waals surface area contributed by atoms with Gasteiger partial charge in [0.15, 0.2) is 0 Å². The van der Waals surface area contributed by atoms with Crippen molar-refractivity contribution in [2.24, 2.45) is 0 Å². The number of carbonyl (C=O) groups is 3. The standard InChI is InChI=1S/C21H25BN2O6/c1-14(25)23-18(12-16-8-10-17(11-9-16)22(28)29)20(26)24-19(21(27)30-2)13-15-6-4-3-5-7-15/h3-11,18-19,28-29H,12-13H2,1-2H3,(H,23,25)(H,24,26)/t18-,19-/m0/s1. The summed E-state index contributed by atoms with van der Waals surface area (Å²) in [4.78, 5) is 36.7. The van der Waals surface area contributed by atoms with Gasteiger partial charge in [0.1, 0.15) is 12.1 Å². The third-order valence-electron chi connectivity index (χ3n) is 4.50. The third-order valence-corrected chi connectivity index (χ3v) is 4.50. The summed E-state index contributed by atoms with van der Waals surface area (Å²) in [5, 5.41) is 23.6. The first-order valence-electron chi connectivity index (χ1n) is 9.44. The second-order valence-corrected chi connectivity index (χ2v) is 6.85. The molecule has 2 aromatic rings. The van der Waals surface area contributed by atoms with Crippen molar-refractivity contribution in [3.05, 3.63) is 65.7 Å². The predicted molar refractivity (Wildman–Crippen MR) is 112 cm³/mol. The van der Waals surface area contributed by atoms with Gasteiger partial charge in [-0.05, 0) is 16.6 Å². The van der Waals surface area contributed by atoms with Crippen molar-refractivity contribution in [3.63, 3.8) is 0 Å². The maximum absolute atomic E-state index is 12.9. The van der Waals surface area contributed by atoms with Crippen LogP contribution in [0.2, 0.25) is 0 Å². The van der Waals surface area contributed by atoms with E-state index in [-0.39, 0.29) is 12.8 Å². The molecule has 0 aliphatic heterocycles. The van der Waals surface area contributed by atoms with Gasteiger partial charge in [-0.15, -0.1) is 0 Å². The van der Waals surface area contributed by atoms with Crippen LogP contribution in [0.4, 0.5) is 0 Å². The number of benzene rings is 2. The summed E-state index contributed by atoms with van der Waals surface area (Å²) in [6.45, 7) is 1.30. The van der Waals surface area contributed by atoms with E-state index in [0.29, 0.717) is 11.0 Å². The number of methoxy groups -OCH3 is 1. The Labute approximate surface area is 175 Å². The number of nitrogens with one attached hydrogen (secondary N) is 2. The molecule has 0 spiro atoms. The number of esters is 1. The molecular weight excluding hydrogens is 387 g/mol. The molecule has 30 heavy (non-hydrogen) atoms. The van der Waals surface area contributed by atoms with Crippen LogP contribution in [0.15, 0.2) is 54.6 Å². The highest BCUT2D eigenvalue weighted by Crippen LogP contribution is 2.07. The Morgan fingerprint density at radius 3 is 2.00 bits per heavy atom. The highest BCUT2D eigenvalue weighted by Gasteiger charge is 2.27. The van der Waals surface area contributed by atoms with E-state index in [1.165, 1.54) is 26.2 Å². The lowest BCUT2D eigenvalue weighted by molar-refractivity contribution is -0.145.